The van der Waals surface area contributed by atoms with Gasteiger partial charge in [-0.05, 0) is 62.2 Å². The molecule has 0 spiro atoms. The van der Waals surface area contributed by atoms with Crippen LogP contribution in [0.3, 0.4) is 0 Å². The number of ketones is 1. The van der Waals surface area contributed by atoms with Crippen molar-refractivity contribution in [3.63, 3.8) is 0 Å². The highest BCUT2D eigenvalue weighted by molar-refractivity contribution is 7.17. The summed E-state index contributed by atoms with van der Waals surface area (Å²) in [6.07, 6.45) is 1.92. The van der Waals surface area contributed by atoms with Crippen molar-refractivity contribution < 1.29 is 33.7 Å². The number of rotatable bonds is 10. The second kappa shape index (κ2) is 12.1. The van der Waals surface area contributed by atoms with E-state index in [0.717, 1.165) is 24.2 Å². The molecule has 1 aromatic heterocycles. The van der Waals surface area contributed by atoms with Crippen LogP contribution in [0.15, 0.2) is 54.1 Å². The summed E-state index contributed by atoms with van der Waals surface area (Å²) in [6.45, 7) is 6.62. The number of nitrogens with zero attached hydrogens (tertiary/aromatic N) is 2. The molecule has 204 valence electrons. The lowest BCUT2D eigenvalue weighted by molar-refractivity contribution is -0.132. The zero-order valence-corrected chi connectivity index (χ0v) is 23.0. The van der Waals surface area contributed by atoms with E-state index in [1.54, 1.807) is 55.5 Å². The van der Waals surface area contributed by atoms with Crippen molar-refractivity contribution in [2.75, 3.05) is 25.2 Å². The molecule has 0 aliphatic carbocycles. The fourth-order valence-corrected chi connectivity index (χ4v) is 5.24. The number of carbonyl (C=O) groups excluding carboxylic acids is 3. The largest absolute Gasteiger partial charge is 0.507 e. The molecule has 1 aliphatic heterocycles. The number of hydrogen-bond acceptors (Lipinski definition) is 9. The SMILES string of the molecule is CCCCOc1ccc(C(O)=C2C(=O)C(=O)N(c3nc(C)c(C(=O)OC)s3)C2c2ccc(OCC)cc2)cc1. The van der Waals surface area contributed by atoms with Crippen LogP contribution in [-0.4, -0.2) is 48.1 Å². The van der Waals surface area contributed by atoms with Crippen LogP contribution in [0.4, 0.5) is 5.13 Å². The number of methoxy groups -OCH3 is 1. The average molecular weight is 551 g/mol. The van der Waals surface area contributed by atoms with Crippen molar-refractivity contribution in [1.82, 2.24) is 4.98 Å². The Bertz CT molecular complexity index is 1390. The summed E-state index contributed by atoms with van der Waals surface area (Å²) in [6, 6.07) is 12.6. The van der Waals surface area contributed by atoms with Gasteiger partial charge in [0.05, 0.1) is 37.6 Å². The fourth-order valence-electron chi connectivity index (χ4n) is 4.22. The normalized spacial score (nSPS) is 16.4. The number of esters is 1. The lowest BCUT2D eigenvalue weighted by Gasteiger charge is -2.23. The molecule has 0 bridgehead atoms. The molecule has 1 atom stereocenters. The number of ether oxygens (including phenoxy) is 3. The van der Waals surface area contributed by atoms with Crippen LogP contribution in [0.1, 0.15) is 59.2 Å². The average Bonchev–Trinajstić information content (AvgIpc) is 3.45. The minimum atomic E-state index is -0.989. The fraction of sp³-hybridized carbons (Fsp3) is 0.310. The van der Waals surface area contributed by atoms with Crippen molar-refractivity contribution in [1.29, 1.82) is 0 Å². The van der Waals surface area contributed by atoms with Gasteiger partial charge in [-0.2, -0.15) is 0 Å². The maximum absolute atomic E-state index is 13.4. The van der Waals surface area contributed by atoms with Crippen LogP contribution in [-0.2, 0) is 14.3 Å². The van der Waals surface area contributed by atoms with Gasteiger partial charge in [0.1, 0.15) is 22.1 Å². The summed E-state index contributed by atoms with van der Waals surface area (Å²) >= 11 is 0.948. The van der Waals surface area contributed by atoms with Crippen molar-refractivity contribution >= 4 is 39.9 Å². The number of aliphatic hydroxyl groups excluding tert-OH is 1. The van der Waals surface area contributed by atoms with E-state index >= 15 is 0 Å². The summed E-state index contributed by atoms with van der Waals surface area (Å²) < 4.78 is 16.1. The molecule has 3 aromatic rings. The first-order chi connectivity index (χ1) is 18.8. The van der Waals surface area contributed by atoms with Crippen molar-refractivity contribution in [2.24, 2.45) is 0 Å². The highest BCUT2D eigenvalue weighted by atomic mass is 32.1. The number of Topliss-reactive ketones (excluding diaryl/α,β-unsaturated/α-hetero) is 1. The standard InChI is InChI=1S/C29H30N2O7S/c1-5-7-16-38-21-14-10-19(11-15-21)24(32)22-23(18-8-12-20(13-9-18)37-6-2)31(27(34)25(22)33)29-30-17(3)26(39-29)28(35)36-4/h8-15,23,32H,5-7,16H2,1-4H3. The monoisotopic (exact) mass is 550 g/mol. The number of aromatic nitrogens is 1. The number of anilines is 1. The number of aryl methyl sites for hydroxylation is 1. The minimum absolute atomic E-state index is 0.0868. The molecule has 2 aromatic carbocycles. The van der Waals surface area contributed by atoms with E-state index in [-0.39, 0.29) is 21.3 Å². The predicted molar refractivity (Wildman–Crippen MR) is 147 cm³/mol. The zero-order chi connectivity index (χ0) is 28.1. The van der Waals surface area contributed by atoms with Crippen molar-refractivity contribution in [3.05, 3.63) is 75.8 Å². The van der Waals surface area contributed by atoms with Gasteiger partial charge in [-0.25, -0.2) is 9.78 Å². The Balaban J connectivity index is 1.81. The Labute approximate surface area is 230 Å². The molecule has 9 nitrogen and oxygen atoms in total. The van der Waals surface area contributed by atoms with Crippen LogP contribution in [0.5, 0.6) is 11.5 Å². The van der Waals surface area contributed by atoms with Gasteiger partial charge in [-0.15, -0.1) is 0 Å². The number of unbranched alkanes of at least 4 members (excludes halogenated alkanes) is 1. The van der Waals surface area contributed by atoms with E-state index in [1.165, 1.54) is 12.0 Å². The maximum Gasteiger partial charge on any atom is 0.350 e. The summed E-state index contributed by atoms with van der Waals surface area (Å²) in [5.74, 6) is -1.38. The van der Waals surface area contributed by atoms with Gasteiger partial charge < -0.3 is 19.3 Å². The third-order valence-electron chi connectivity index (χ3n) is 6.21. The molecular weight excluding hydrogens is 520 g/mol. The molecule has 1 saturated heterocycles. The van der Waals surface area contributed by atoms with Crippen LogP contribution in [0.25, 0.3) is 5.76 Å². The van der Waals surface area contributed by atoms with Gasteiger partial charge in [-0.3, -0.25) is 14.5 Å². The van der Waals surface area contributed by atoms with Gasteiger partial charge in [0.2, 0.25) is 0 Å². The Morgan fingerprint density at radius 1 is 1.03 bits per heavy atom. The maximum atomic E-state index is 13.4. The zero-order valence-electron chi connectivity index (χ0n) is 22.2. The third kappa shape index (κ3) is 5.65. The molecular formula is C29H30N2O7S. The van der Waals surface area contributed by atoms with Crippen molar-refractivity contribution in [3.8, 4) is 11.5 Å². The smallest absolute Gasteiger partial charge is 0.350 e. The first kappa shape index (κ1) is 27.8. The number of amides is 1. The number of thiazole rings is 1. The predicted octanol–water partition coefficient (Wildman–Crippen LogP) is 5.44. The molecule has 10 heteroatoms. The number of aliphatic hydroxyl groups is 1. The van der Waals surface area contributed by atoms with E-state index in [9.17, 15) is 19.5 Å². The molecule has 1 amide bonds. The quantitative estimate of drug-likeness (QED) is 0.117. The van der Waals surface area contributed by atoms with E-state index < -0.39 is 23.7 Å². The van der Waals surface area contributed by atoms with E-state index in [2.05, 4.69) is 11.9 Å². The van der Waals surface area contributed by atoms with Crippen LogP contribution in [0, 0.1) is 6.92 Å². The third-order valence-corrected chi connectivity index (χ3v) is 7.34. The Kier molecular flexibility index (Phi) is 8.65. The topological polar surface area (TPSA) is 115 Å². The first-order valence-corrected chi connectivity index (χ1v) is 13.4. The van der Waals surface area contributed by atoms with Crippen LogP contribution >= 0.6 is 11.3 Å². The van der Waals surface area contributed by atoms with Crippen LogP contribution < -0.4 is 14.4 Å². The lowest BCUT2D eigenvalue weighted by atomic mass is 9.95. The summed E-state index contributed by atoms with van der Waals surface area (Å²) in [5, 5.41) is 11.5. The molecule has 1 unspecified atom stereocenters. The van der Waals surface area contributed by atoms with Gasteiger partial charge in [0.15, 0.2) is 5.13 Å². The second-order valence-corrected chi connectivity index (χ2v) is 9.78. The highest BCUT2D eigenvalue weighted by Crippen LogP contribution is 2.44. The van der Waals surface area contributed by atoms with E-state index in [1.807, 2.05) is 6.92 Å². The summed E-state index contributed by atoms with van der Waals surface area (Å²) in [7, 11) is 1.26. The van der Waals surface area contributed by atoms with Gasteiger partial charge in [0, 0.05) is 5.56 Å². The molecule has 0 radical (unpaired) electrons. The molecule has 39 heavy (non-hydrogen) atoms. The molecule has 4 rings (SSSR count). The molecule has 1 N–H and O–H groups in total. The molecule has 1 aliphatic rings. The summed E-state index contributed by atoms with van der Waals surface area (Å²) in [5.41, 5.74) is 1.20. The highest BCUT2D eigenvalue weighted by Gasteiger charge is 2.48. The summed E-state index contributed by atoms with van der Waals surface area (Å²) in [4.78, 5) is 44.9. The van der Waals surface area contributed by atoms with Crippen LogP contribution in [0.2, 0.25) is 0 Å². The van der Waals surface area contributed by atoms with Gasteiger partial charge >= 0.3 is 11.9 Å². The number of carbonyl (C=O) groups is 3. The molecule has 1 fully saturated rings. The van der Waals surface area contributed by atoms with E-state index in [4.69, 9.17) is 14.2 Å². The van der Waals surface area contributed by atoms with E-state index in [0.29, 0.717) is 41.5 Å². The lowest BCUT2D eigenvalue weighted by Crippen LogP contribution is -2.29. The second-order valence-electron chi connectivity index (χ2n) is 8.80. The number of benzene rings is 2. The van der Waals surface area contributed by atoms with Gasteiger partial charge in [-0.1, -0.05) is 36.8 Å². The Morgan fingerprint density at radius 2 is 1.67 bits per heavy atom. The first-order valence-electron chi connectivity index (χ1n) is 12.6. The molecule has 0 saturated carbocycles. The van der Waals surface area contributed by atoms with Gasteiger partial charge in [0.25, 0.3) is 5.78 Å². The Hall–Kier alpha value is -4.18. The molecule has 2 heterocycles. The number of hydrogen-bond donors (Lipinski definition) is 1. The van der Waals surface area contributed by atoms with Crippen molar-refractivity contribution in [2.45, 2.75) is 39.7 Å². The minimum Gasteiger partial charge on any atom is -0.507 e. The Morgan fingerprint density at radius 3 is 2.28 bits per heavy atom.